The molecule has 2 saturated heterocycles. The van der Waals surface area contributed by atoms with Gasteiger partial charge in [0.15, 0.2) is 11.6 Å². The van der Waals surface area contributed by atoms with E-state index >= 15 is 0 Å². The predicted molar refractivity (Wildman–Crippen MR) is 148 cm³/mol. The number of nitrogens with zero attached hydrogens (tertiary/aromatic N) is 4. The van der Waals surface area contributed by atoms with Crippen LogP contribution in [-0.4, -0.2) is 66.4 Å². The minimum absolute atomic E-state index is 0.0712. The lowest BCUT2D eigenvalue weighted by Gasteiger charge is -2.35. The highest BCUT2D eigenvalue weighted by Crippen LogP contribution is 2.55. The zero-order valence-electron chi connectivity index (χ0n) is 21.5. The number of nitrogens with one attached hydrogen (secondary N) is 2. The van der Waals surface area contributed by atoms with E-state index in [1.54, 1.807) is 18.3 Å². The maximum absolute atomic E-state index is 13.6. The predicted octanol–water partition coefficient (Wildman–Crippen LogP) is 4.46. The van der Waals surface area contributed by atoms with Crippen LogP contribution in [0.5, 0.6) is 5.75 Å². The van der Waals surface area contributed by atoms with Crippen LogP contribution in [0.15, 0.2) is 24.4 Å². The summed E-state index contributed by atoms with van der Waals surface area (Å²) in [5, 5.41) is 12.1. The van der Waals surface area contributed by atoms with Gasteiger partial charge in [-0.25, -0.2) is 14.4 Å². The molecule has 38 heavy (non-hydrogen) atoms. The van der Waals surface area contributed by atoms with Crippen LogP contribution in [0.2, 0.25) is 0 Å². The van der Waals surface area contributed by atoms with E-state index in [0.29, 0.717) is 45.3 Å². The average molecular weight is 543 g/mol. The van der Waals surface area contributed by atoms with E-state index in [1.165, 1.54) is 37.6 Å². The van der Waals surface area contributed by atoms with Crippen LogP contribution in [0.3, 0.4) is 0 Å². The van der Waals surface area contributed by atoms with Crippen molar-refractivity contribution in [1.29, 1.82) is 0 Å². The number of aliphatic hydroxyl groups is 1. The standard InChI is InChI=1S/C27H35FN6O3S/c28-18-37-21-1-2-22(30-24(21)34-12-9-27(17-34)5-6-27)31-25(36)19-16-29-23(32-38-14-13-35)15-20(19)33-10-7-26(3-4-26)8-11-33/h1-2,15-16,35H,3-14,17-18H2,(H,29,32)(H,30,31,36). The van der Waals surface area contributed by atoms with Crippen LogP contribution >= 0.6 is 11.9 Å². The van der Waals surface area contributed by atoms with E-state index < -0.39 is 6.86 Å². The highest BCUT2D eigenvalue weighted by molar-refractivity contribution is 8.00. The third kappa shape index (κ3) is 5.36. The van der Waals surface area contributed by atoms with Crippen LogP contribution in [-0.2, 0) is 0 Å². The lowest BCUT2D eigenvalue weighted by atomic mass is 9.93. The van der Waals surface area contributed by atoms with Crippen LogP contribution in [0, 0.1) is 10.8 Å². The van der Waals surface area contributed by atoms with E-state index in [4.69, 9.17) is 14.8 Å². The topological polar surface area (TPSA) is 103 Å². The third-order valence-corrected chi connectivity index (χ3v) is 9.34. The van der Waals surface area contributed by atoms with Crippen molar-refractivity contribution in [2.45, 2.75) is 44.9 Å². The van der Waals surface area contributed by atoms with Gasteiger partial charge < -0.3 is 29.7 Å². The van der Waals surface area contributed by atoms with Crippen LogP contribution in [0.1, 0.15) is 55.3 Å². The largest absolute Gasteiger partial charge is 0.459 e. The zero-order valence-corrected chi connectivity index (χ0v) is 22.4. The number of pyridine rings is 2. The molecule has 4 heterocycles. The number of amides is 1. The molecule has 0 bridgehead atoms. The fourth-order valence-electron chi connectivity index (χ4n) is 5.79. The Labute approximate surface area is 226 Å². The lowest BCUT2D eigenvalue weighted by molar-refractivity contribution is 0.102. The fraction of sp³-hybridized carbons (Fsp3) is 0.593. The Morgan fingerprint density at radius 1 is 1.05 bits per heavy atom. The number of hydrogen-bond acceptors (Lipinski definition) is 9. The molecule has 0 unspecified atom stereocenters. The third-order valence-electron chi connectivity index (χ3n) is 8.60. The number of carbonyl (C=O) groups excluding carboxylic acids is 1. The van der Waals surface area contributed by atoms with Gasteiger partial charge in [-0.15, -0.1) is 0 Å². The number of hydrogen-bond donors (Lipinski definition) is 3. The van der Waals surface area contributed by atoms with E-state index in [2.05, 4.69) is 24.8 Å². The van der Waals surface area contributed by atoms with Gasteiger partial charge in [-0.2, -0.15) is 0 Å². The summed E-state index contributed by atoms with van der Waals surface area (Å²) in [6.45, 7) is 2.68. The van der Waals surface area contributed by atoms with Crippen molar-refractivity contribution in [2.24, 2.45) is 10.8 Å². The van der Waals surface area contributed by atoms with Crippen LogP contribution in [0.4, 0.5) is 27.5 Å². The minimum atomic E-state index is -0.928. The number of carbonyl (C=O) groups is 1. The molecule has 2 aliphatic heterocycles. The summed E-state index contributed by atoms with van der Waals surface area (Å²) in [6, 6.07) is 5.25. The van der Waals surface area contributed by atoms with Gasteiger partial charge in [0.25, 0.3) is 5.91 Å². The maximum Gasteiger partial charge on any atom is 0.260 e. The van der Waals surface area contributed by atoms with Crippen LogP contribution < -0.4 is 24.6 Å². The number of piperidine rings is 1. The van der Waals surface area contributed by atoms with Gasteiger partial charge >= 0.3 is 0 Å². The molecule has 2 spiro atoms. The highest BCUT2D eigenvalue weighted by atomic mass is 32.2. The van der Waals surface area contributed by atoms with E-state index in [0.717, 1.165) is 51.1 Å². The molecule has 9 nitrogen and oxygen atoms in total. The number of ether oxygens (including phenoxy) is 1. The van der Waals surface area contributed by atoms with Gasteiger partial charge in [-0.1, -0.05) is 0 Å². The molecule has 2 aromatic rings. The molecule has 1 amide bonds. The summed E-state index contributed by atoms with van der Waals surface area (Å²) in [7, 11) is 0. The molecular formula is C27H35FN6O3S. The van der Waals surface area contributed by atoms with Crippen LogP contribution in [0.25, 0.3) is 0 Å². The Bertz CT molecular complexity index is 1180. The summed E-state index contributed by atoms with van der Waals surface area (Å²) >= 11 is 1.38. The Hall–Kier alpha value is -2.79. The molecule has 0 atom stereocenters. The minimum Gasteiger partial charge on any atom is -0.459 e. The van der Waals surface area contributed by atoms with Gasteiger partial charge in [0.05, 0.1) is 17.9 Å². The number of halogens is 1. The first kappa shape index (κ1) is 25.5. The van der Waals surface area contributed by atoms with Gasteiger partial charge in [0.1, 0.15) is 11.6 Å². The van der Waals surface area contributed by atoms with Crippen molar-refractivity contribution in [1.82, 2.24) is 9.97 Å². The van der Waals surface area contributed by atoms with Crippen molar-refractivity contribution >= 4 is 41.0 Å². The molecule has 204 valence electrons. The molecule has 6 rings (SSSR count). The second kappa shape index (κ2) is 10.4. The molecule has 2 aliphatic carbocycles. The molecule has 2 aromatic heterocycles. The second-order valence-electron chi connectivity index (χ2n) is 11.1. The molecule has 11 heteroatoms. The van der Waals surface area contributed by atoms with Crippen molar-refractivity contribution in [2.75, 3.05) is 65.2 Å². The van der Waals surface area contributed by atoms with E-state index in [1.807, 2.05) is 6.07 Å². The molecule has 0 radical (unpaired) electrons. The quantitative estimate of drug-likeness (QED) is 0.297. The maximum atomic E-state index is 13.6. The first-order chi connectivity index (χ1) is 18.5. The van der Waals surface area contributed by atoms with Gasteiger partial charge in [-0.3, -0.25) is 4.79 Å². The number of aliphatic hydroxyl groups excluding tert-OH is 1. The zero-order chi connectivity index (χ0) is 26.2. The SMILES string of the molecule is O=C(Nc1ccc(OCF)c(N2CCC3(CC3)C2)n1)c1cnc(NSCCO)cc1N1CCC2(CC1)CC2. The Morgan fingerprint density at radius 2 is 1.79 bits per heavy atom. The Kier molecular flexibility index (Phi) is 6.98. The molecule has 3 N–H and O–H groups in total. The van der Waals surface area contributed by atoms with E-state index in [-0.39, 0.29) is 12.5 Å². The average Bonchev–Trinajstić information content (AvgIpc) is 3.83. The van der Waals surface area contributed by atoms with Crippen molar-refractivity contribution in [3.8, 4) is 5.75 Å². The number of aromatic nitrogens is 2. The van der Waals surface area contributed by atoms with Gasteiger partial charge in [0, 0.05) is 44.2 Å². The molecule has 0 aromatic carbocycles. The highest BCUT2D eigenvalue weighted by Gasteiger charge is 2.48. The van der Waals surface area contributed by atoms with E-state index in [9.17, 15) is 9.18 Å². The normalized spacial score (nSPS) is 20.6. The number of alkyl halides is 1. The monoisotopic (exact) mass is 542 g/mol. The number of rotatable bonds is 10. The Morgan fingerprint density at radius 3 is 2.47 bits per heavy atom. The van der Waals surface area contributed by atoms with Crippen molar-refractivity contribution < 1.29 is 19.0 Å². The summed E-state index contributed by atoms with van der Waals surface area (Å²) in [5.41, 5.74) is 2.21. The summed E-state index contributed by atoms with van der Waals surface area (Å²) in [4.78, 5) is 27.1. The molecule has 4 aliphatic rings. The molecular weight excluding hydrogens is 507 g/mol. The van der Waals surface area contributed by atoms with Gasteiger partial charge in [-0.05, 0) is 79.9 Å². The second-order valence-corrected chi connectivity index (χ2v) is 12.0. The fourth-order valence-corrected chi connectivity index (χ4v) is 6.25. The van der Waals surface area contributed by atoms with Crippen molar-refractivity contribution in [3.05, 3.63) is 30.0 Å². The first-order valence-corrected chi connectivity index (χ1v) is 14.5. The number of anilines is 4. The summed E-state index contributed by atoms with van der Waals surface area (Å²) in [5.74, 6) is 2.27. The molecule has 2 saturated carbocycles. The Balaban J connectivity index is 1.23. The summed E-state index contributed by atoms with van der Waals surface area (Å²) < 4.78 is 21.5. The smallest absolute Gasteiger partial charge is 0.260 e. The first-order valence-electron chi connectivity index (χ1n) is 13.5. The lowest BCUT2D eigenvalue weighted by Crippen LogP contribution is -2.35. The van der Waals surface area contributed by atoms with Crippen molar-refractivity contribution in [3.63, 3.8) is 0 Å². The molecule has 4 fully saturated rings. The summed E-state index contributed by atoms with van der Waals surface area (Å²) in [6.07, 6.45) is 10.0. The van der Waals surface area contributed by atoms with Gasteiger partial charge in [0.2, 0.25) is 6.86 Å².